The van der Waals surface area contributed by atoms with Gasteiger partial charge in [0.05, 0.1) is 17.5 Å². The zero-order valence-corrected chi connectivity index (χ0v) is 13.6. The average molecular weight is 319 g/mol. The normalized spacial score (nSPS) is 11.8. The van der Waals surface area contributed by atoms with E-state index in [9.17, 15) is 9.90 Å². The van der Waals surface area contributed by atoms with Gasteiger partial charge in [0.2, 0.25) is 0 Å². The molecule has 0 radical (unpaired) electrons. The van der Waals surface area contributed by atoms with Crippen molar-refractivity contribution in [2.75, 3.05) is 30.4 Å². The predicted molar refractivity (Wildman–Crippen MR) is 91.7 cm³/mol. The third-order valence-electron chi connectivity index (χ3n) is 3.42. The maximum absolute atomic E-state index is 12.0. The highest BCUT2D eigenvalue weighted by molar-refractivity contribution is 7.07. The molecular weight excluding hydrogens is 298 g/mol. The Kier molecular flexibility index (Phi) is 5.80. The van der Waals surface area contributed by atoms with E-state index in [4.69, 9.17) is 0 Å². The van der Waals surface area contributed by atoms with Gasteiger partial charge in [0.1, 0.15) is 0 Å². The van der Waals surface area contributed by atoms with Gasteiger partial charge in [-0.15, -0.1) is 0 Å². The van der Waals surface area contributed by atoms with Gasteiger partial charge in [-0.25, -0.2) is 4.79 Å². The number of urea groups is 1. The number of aliphatic hydroxyl groups is 1. The number of anilines is 2. The molecule has 1 atom stereocenters. The van der Waals surface area contributed by atoms with Crippen molar-refractivity contribution in [3.63, 3.8) is 0 Å². The highest BCUT2D eigenvalue weighted by Crippen LogP contribution is 2.24. The van der Waals surface area contributed by atoms with Crippen molar-refractivity contribution >= 4 is 28.7 Å². The number of para-hydroxylation sites is 2. The number of thiophene rings is 1. The standard InChI is InChI=1S/C16H21N3O2S/c1-3-19(2)14-7-5-4-6-13(14)18-16(21)17-10-15(20)12-8-9-22-11-12/h4-9,11,15,20H,3,10H2,1-2H3,(H2,17,18,21). The molecule has 2 amide bonds. The number of nitrogens with one attached hydrogen (secondary N) is 2. The fourth-order valence-corrected chi connectivity index (χ4v) is 2.73. The van der Waals surface area contributed by atoms with Crippen molar-refractivity contribution in [3.05, 3.63) is 46.7 Å². The lowest BCUT2D eigenvalue weighted by Gasteiger charge is -2.21. The maximum Gasteiger partial charge on any atom is 0.319 e. The summed E-state index contributed by atoms with van der Waals surface area (Å²) in [6, 6.07) is 9.15. The van der Waals surface area contributed by atoms with E-state index in [-0.39, 0.29) is 12.6 Å². The molecule has 2 aromatic rings. The molecular formula is C16H21N3O2S. The van der Waals surface area contributed by atoms with Gasteiger partial charge in [-0.3, -0.25) is 0 Å². The summed E-state index contributed by atoms with van der Waals surface area (Å²) in [5, 5.41) is 19.2. The molecule has 1 aromatic heterocycles. The Morgan fingerprint density at radius 2 is 2.14 bits per heavy atom. The molecule has 22 heavy (non-hydrogen) atoms. The van der Waals surface area contributed by atoms with Crippen LogP contribution in [0.25, 0.3) is 0 Å². The number of amides is 2. The third kappa shape index (κ3) is 4.22. The Bertz CT molecular complexity index is 601. The van der Waals surface area contributed by atoms with Crippen LogP contribution in [-0.4, -0.2) is 31.3 Å². The van der Waals surface area contributed by atoms with E-state index in [1.807, 2.05) is 55.1 Å². The maximum atomic E-state index is 12.0. The van der Waals surface area contributed by atoms with E-state index in [0.717, 1.165) is 23.5 Å². The van der Waals surface area contributed by atoms with Crippen LogP contribution in [0.1, 0.15) is 18.6 Å². The lowest BCUT2D eigenvalue weighted by molar-refractivity contribution is 0.175. The van der Waals surface area contributed by atoms with Crippen molar-refractivity contribution in [2.45, 2.75) is 13.0 Å². The number of hydrogen-bond donors (Lipinski definition) is 3. The fraction of sp³-hybridized carbons (Fsp3) is 0.312. The van der Waals surface area contributed by atoms with Gasteiger partial charge < -0.3 is 20.6 Å². The van der Waals surface area contributed by atoms with Gasteiger partial charge in [0.25, 0.3) is 0 Å². The number of benzene rings is 1. The van der Waals surface area contributed by atoms with Gasteiger partial charge >= 0.3 is 6.03 Å². The van der Waals surface area contributed by atoms with Crippen LogP contribution in [0.2, 0.25) is 0 Å². The summed E-state index contributed by atoms with van der Waals surface area (Å²) in [6.07, 6.45) is -0.689. The highest BCUT2D eigenvalue weighted by Gasteiger charge is 2.12. The molecule has 0 saturated carbocycles. The van der Waals surface area contributed by atoms with E-state index in [0.29, 0.717) is 0 Å². The zero-order valence-electron chi connectivity index (χ0n) is 12.7. The smallest absolute Gasteiger partial charge is 0.319 e. The van der Waals surface area contributed by atoms with Crippen LogP contribution in [0.15, 0.2) is 41.1 Å². The number of aliphatic hydroxyl groups excluding tert-OH is 1. The summed E-state index contributed by atoms with van der Waals surface area (Å²) in [4.78, 5) is 14.1. The first-order valence-electron chi connectivity index (χ1n) is 7.17. The summed E-state index contributed by atoms with van der Waals surface area (Å²) in [6.45, 7) is 3.07. The Hall–Kier alpha value is -2.05. The molecule has 2 rings (SSSR count). The van der Waals surface area contributed by atoms with E-state index >= 15 is 0 Å². The molecule has 0 saturated heterocycles. The minimum Gasteiger partial charge on any atom is -0.387 e. The van der Waals surface area contributed by atoms with Gasteiger partial charge in [-0.05, 0) is 41.4 Å². The number of carbonyl (C=O) groups excluding carboxylic acids is 1. The molecule has 0 spiro atoms. The molecule has 0 bridgehead atoms. The van der Waals surface area contributed by atoms with E-state index < -0.39 is 6.10 Å². The molecule has 0 aliphatic heterocycles. The summed E-state index contributed by atoms with van der Waals surface area (Å²) in [7, 11) is 1.97. The molecule has 1 unspecified atom stereocenters. The largest absolute Gasteiger partial charge is 0.387 e. The summed E-state index contributed by atoms with van der Waals surface area (Å²) in [5.74, 6) is 0. The van der Waals surface area contributed by atoms with Crippen molar-refractivity contribution in [3.8, 4) is 0 Å². The van der Waals surface area contributed by atoms with Crippen LogP contribution in [0.4, 0.5) is 16.2 Å². The zero-order chi connectivity index (χ0) is 15.9. The molecule has 1 heterocycles. The Morgan fingerprint density at radius 1 is 1.36 bits per heavy atom. The number of rotatable bonds is 6. The Balaban J connectivity index is 1.92. The monoisotopic (exact) mass is 319 g/mol. The lowest BCUT2D eigenvalue weighted by atomic mass is 10.2. The second-order valence-electron chi connectivity index (χ2n) is 4.94. The summed E-state index contributed by atoms with van der Waals surface area (Å²) < 4.78 is 0. The molecule has 0 aliphatic carbocycles. The van der Waals surface area contributed by atoms with Gasteiger partial charge in [0, 0.05) is 20.1 Å². The van der Waals surface area contributed by atoms with E-state index in [1.165, 1.54) is 11.3 Å². The molecule has 0 aliphatic rings. The minimum absolute atomic E-state index is 0.175. The SMILES string of the molecule is CCN(C)c1ccccc1NC(=O)NCC(O)c1ccsc1. The van der Waals surface area contributed by atoms with Crippen LogP contribution >= 0.6 is 11.3 Å². The van der Waals surface area contributed by atoms with E-state index in [2.05, 4.69) is 15.5 Å². The van der Waals surface area contributed by atoms with Crippen molar-refractivity contribution < 1.29 is 9.90 Å². The molecule has 6 heteroatoms. The first-order valence-corrected chi connectivity index (χ1v) is 8.11. The Morgan fingerprint density at radius 3 is 2.82 bits per heavy atom. The topological polar surface area (TPSA) is 64.6 Å². The minimum atomic E-state index is -0.689. The van der Waals surface area contributed by atoms with Gasteiger partial charge in [-0.1, -0.05) is 12.1 Å². The molecule has 118 valence electrons. The Labute approximate surface area is 134 Å². The second-order valence-corrected chi connectivity index (χ2v) is 5.72. The first-order chi connectivity index (χ1) is 10.6. The molecule has 0 fully saturated rings. The van der Waals surface area contributed by atoms with Crippen LogP contribution in [0.5, 0.6) is 0 Å². The number of nitrogens with zero attached hydrogens (tertiary/aromatic N) is 1. The second kappa shape index (κ2) is 7.82. The average Bonchev–Trinajstić information content (AvgIpc) is 3.07. The number of hydrogen-bond acceptors (Lipinski definition) is 4. The molecule has 1 aromatic carbocycles. The van der Waals surface area contributed by atoms with Crippen LogP contribution in [0.3, 0.4) is 0 Å². The van der Waals surface area contributed by atoms with Gasteiger partial charge in [0.15, 0.2) is 0 Å². The predicted octanol–water partition coefficient (Wildman–Crippen LogP) is 3.06. The van der Waals surface area contributed by atoms with Gasteiger partial charge in [-0.2, -0.15) is 11.3 Å². The molecule has 3 N–H and O–H groups in total. The van der Waals surface area contributed by atoms with Crippen LogP contribution < -0.4 is 15.5 Å². The van der Waals surface area contributed by atoms with Crippen molar-refractivity contribution in [2.24, 2.45) is 0 Å². The molecule has 5 nitrogen and oxygen atoms in total. The number of carbonyl (C=O) groups is 1. The van der Waals surface area contributed by atoms with Crippen molar-refractivity contribution in [1.82, 2.24) is 5.32 Å². The fourth-order valence-electron chi connectivity index (χ4n) is 2.02. The third-order valence-corrected chi connectivity index (χ3v) is 4.12. The lowest BCUT2D eigenvalue weighted by Crippen LogP contribution is -2.33. The summed E-state index contributed by atoms with van der Waals surface area (Å²) in [5.41, 5.74) is 2.52. The summed E-state index contributed by atoms with van der Waals surface area (Å²) >= 11 is 1.52. The highest BCUT2D eigenvalue weighted by atomic mass is 32.1. The van der Waals surface area contributed by atoms with Crippen LogP contribution in [0, 0.1) is 0 Å². The van der Waals surface area contributed by atoms with Crippen LogP contribution in [-0.2, 0) is 0 Å². The van der Waals surface area contributed by atoms with E-state index in [1.54, 1.807) is 0 Å². The van der Waals surface area contributed by atoms with Crippen molar-refractivity contribution in [1.29, 1.82) is 0 Å². The first kappa shape index (κ1) is 16.3. The quantitative estimate of drug-likeness (QED) is 0.767.